The van der Waals surface area contributed by atoms with Gasteiger partial charge in [-0.1, -0.05) is 11.6 Å². The molecule has 1 aromatic carbocycles. The van der Waals surface area contributed by atoms with E-state index >= 15 is 0 Å². The normalized spacial score (nSPS) is 15.4. The van der Waals surface area contributed by atoms with Crippen molar-refractivity contribution < 1.29 is 14.3 Å². The number of rotatable bonds is 8. The molecule has 0 aliphatic heterocycles. The zero-order chi connectivity index (χ0) is 17.4. The van der Waals surface area contributed by atoms with Crippen molar-refractivity contribution in [1.82, 2.24) is 5.32 Å². The van der Waals surface area contributed by atoms with E-state index in [2.05, 4.69) is 11.4 Å². The van der Waals surface area contributed by atoms with Gasteiger partial charge in [0.15, 0.2) is 11.5 Å². The van der Waals surface area contributed by atoms with Crippen LogP contribution in [0.4, 0.5) is 0 Å². The Morgan fingerprint density at radius 3 is 2.71 bits per heavy atom. The number of thioether (sulfide) groups is 1. The van der Waals surface area contributed by atoms with Crippen LogP contribution in [0.3, 0.4) is 0 Å². The molecule has 0 aromatic heterocycles. The molecule has 1 atom stereocenters. The highest BCUT2D eigenvalue weighted by atomic mass is 32.2. The molecule has 4 nitrogen and oxygen atoms in total. The fraction of sp³-hybridized carbons (Fsp3) is 0.526. The lowest BCUT2D eigenvalue weighted by atomic mass is 9.97. The van der Waals surface area contributed by atoms with Gasteiger partial charge in [0.25, 0.3) is 0 Å². The third-order valence-corrected chi connectivity index (χ3v) is 5.26. The predicted octanol–water partition coefficient (Wildman–Crippen LogP) is 4.19. The third-order valence-electron chi connectivity index (χ3n) is 4.17. The lowest BCUT2D eigenvalue weighted by Crippen LogP contribution is -2.31. The number of hydrogen-bond donors (Lipinski definition) is 1. The van der Waals surface area contributed by atoms with Gasteiger partial charge >= 0.3 is 0 Å². The van der Waals surface area contributed by atoms with Crippen LogP contribution in [0, 0.1) is 0 Å². The first-order valence-electron chi connectivity index (χ1n) is 8.48. The van der Waals surface area contributed by atoms with Crippen LogP contribution in [0.1, 0.15) is 39.0 Å². The average Bonchev–Trinajstić information content (AvgIpc) is 2.62. The molecule has 2 rings (SSSR count). The quantitative estimate of drug-likeness (QED) is 0.565. The second-order valence-corrected chi connectivity index (χ2v) is 7.34. The summed E-state index contributed by atoms with van der Waals surface area (Å²) in [6.45, 7) is 2.65. The Morgan fingerprint density at radius 2 is 2.04 bits per heavy atom. The zero-order valence-electron chi connectivity index (χ0n) is 14.8. The van der Waals surface area contributed by atoms with E-state index < -0.39 is 0 Å². The van der Waals surface area contributed by atoms with E-state index in [9.17, 15) is 4.79 Å². The fourth-order valence-corrected chi connectivity index (χ4v) is 3.69. The van der Waals surface area contributed by atoms with Crippen LogP contribution in [0.2, 0.25) is 0 Å². The Hall–Kier alpha value is -1.62. The third kappa shape index (κ3) is 5.48. The van der Waals surface area contributed by atoms with Gasteiger partial charge in [-0.05, 0) is 57.2 Å². The molecule has 1 aliphatic carbocycles. The standard InChI is InChI=1S/C19H27NO3S/c1-14(19(21)20-12-11-15-7-5-4-6-8-15)24-16-9-10-17(22-2)18(13-16)23-3/h7,9-10,13-14H,4-6,8,11-12H2,1-3H3,(H,20,21)/t14-/m1/s1. The van der Waals surface area contributed by atoms with Crippen molar-refractivity contribution in [3.63, 3.8) is 0 Å². The number of allylic oxidation sites excluding steroid dienone is 1. The van der Waals surface area contributed by atoms with Crippen LogP contribution in [-0.4, -0.2) is 31.9 Å². The summed E-state index contributed by atoms with van der Waals surface area (Å²) in [7, 11) is 3.23. The SMILES string of the molecule is COc1ccc(S[C@H](C)C(=O)NCCC2=CCCCC2)cc1OC. The van der Waals surface area contributed by atoms with E-state index in [0.717, 1.165) is 17.9 Å². The van der Waals surface area contributed by atoms with Crippen molar-refractivity contribution in [2.75, 3.05) is 20.8 Å². The van der Waals surface area contributed by atoms with Crippen LogP contribution >= 0.6 is 11.8 Å². The number of benzene rings is 1. The number of carbonyl (C=O) groups is 1. The molecule has 1 N–H and O–H groups in total. The van der Waals surface area contributed by atoms with Gasteiger partial charge in [0.05, 0.1) is 19.5 Å². The summed E-state index contributed by atoms with van der Waals surface area (Å²) in [5.74, 6) is 1.45. The van der Waals surface area contributed by atoms with Crippen molar-refractivity contribution in [1.29, 1.82) is 0 Å². The van der Waals surface area contributed by atoms with E-state index in [0.29, 0.717) is 11.5 Å². The molecule has 132 valence electrons. The zero-order valence-corrected chi connectivity index (χ0v) is 15.6. The molecule has 0 unspecified atom stereocenters. The first-order chi connectivity index (χ1) is 11.6. The van der Waals surface area contributed by atoms with Gasteiger partial charge < -0.3 is 14.8 Å². The first-order valence-corrected chi connectivity index (χ1v) is 9.36. The number of amides is 1. The van der Waals surface area contributed by atoms with Gasteiger partial charge in [0, 0.05) is 11.4 Å². The summed E-state index contributed by atoms with van der Waals surface area (Å²) in [4.78, 5) is 13.3. The molecule has 1 aromatic rings. The van der Waals surface area contributed by atoms with E-state index in [1.165, 1.54) is 43.0 Å². The molecule has 5 heteroatoms. The van der Waals surface area contributed by atoms with Gasteiger partial charge in [-0.15, -0.1) is 11.8 Å². The number of carbonyl (C=O) groups excluding carboxylic acids is 1. The molecule has 0 heterocycles. The maximum Gasteiger partial charge on any atom is 0.233 e. The topological polar surface area (TPSA) is 47.6 Å². The summed E-state index contributed by atoms with van der Waals surface area (Å²) in [6, 6.07) is 5.71. The minimum atomic E-state index is -0.150. The Kier molecular flexibility index (Phi) is 7.50. The second-order valence-electron chi connectivity index (χ2n) is 5.93. The maximum atomic E-state index is 12.3. The maximum absolute atomic E-state index is 12.3. The Morgan fingerprint density at radius 1 is 1.25 bits per heavy atom. The van der Waals surface area contributed by atoms with Gasteiger partial charge in [0.2, 0.25) is 5.91 Å². The van der Waals surface area contributed by atoms with Crippen LogP contribution in [0.15, 0.2) is 34.7 Å². The average molecular weight is 349 g/mol. The molecule has 0 fully saturated rings. The lowest BCUT2D eigenvalue weighted by Gasteiger charge is -2.15. The van der Waals surface area contributed by atoms with Crippen molar-refractivity contribution >= 4 is 17.7 Å². The van der Waals surface area contributed by atoms with E-state index in [-0.39, 0.29) is 11.2 Å². The summed E-state index contributed by atoms with van der Waals surface area (Å²) in [5, 5.41) is 2.89. The largest absolute Gasteiger partial charge is 0.493 e. The summed E-state index contributed by atoms with van der Waals surface area (Å²) in [5.41, 5.74) is 1.49. The van der Waals surface area contributed by atoms with Gasteiger partial charge in [0.1, 0.15) is 0 Å². The van der Waals surface area contributed by atoms with Crippen LogP contribution in [-0.2, 0) is 4.79 Å². The highest BCUT2D eigenvalue weighted by molar-refractivity contribution is 8.00. The number of hydrogen-bond acceptors (Lipinski definition) is 4. The van der Waals surface area contributed by atoms with Crippen molar-refractivity contribution in [3.05, 3.63) is 29.8 Å². The Bertz CT molecular complexity index is 586. The molecule has 0 saturated heterocycles. The van der Waals surface area contributed by atoms with Gasteiger partial charge in [-0.3, -0.25) is 4.79 Å². The summed E-state index contributed by atoms with van der Waals surface area (Å²) in [6.07, 6.45) is 8.26. The van der Waals surface area contributed by atoms with Crippen molar-refractivity contribution in [3.8, 4) is 11.5 Å². The molecule has 1 amide bonds. The van der Waals surface area contributed by atoms with Crippen LogP contribution < -0.4 is 14.8 Å². The molecule has 1 aliphatic rings. The number of nitrogens with one attached hydrogen (secondary N) is 1. The smallest absolute Gasteiger partial charge is 0.233 e. The van der Waals surface area contributed by atoms with E-state index in [1.807, 2.05) is 25.1 Å². The summed E-state index contributed by atoms with van der Waals surface area (Å²) >= 11 is 1.52. The monoisotopic (exact) mass is 349 g/mol. The van der Waals surface area contributed by atoms with Crippen LogP contribution in [0.25, 0.3) is 0 Å². The highest BCUT2D eigenvalue weighted by Crippen LogP contribution is 2.33. The van der Waals surface area contributed by atoms with E-state index in [1.54, 1.807) is 14.2 Å². The van der Waals surface area contributed by atoms with Gasteiger partial charge in [-0.25, -0.2) is 0 Å². The van der Waals surface area contributed by atoms with E-state index in [4.69, 9.17) is 9.47 Å². The molecular formula is C19H27NO3S. The molecule has 0 spiro atoms. The molecule has 24 heavy (non-hydrogen) atoms. The summed E-state index contributed by atoms with van der Waals surface area (Å²) < 4.78 is 10.5. The molecular weight excluding hydrogens is 322 g/mol. The number of methoxy groups -OCH3 is 2. The molecule has 0 radical (unpaired) electrons. The van der Waals surface area contributed by atoms with Crippen molar-refractivity contribution in [2.24, 2.45) is 0 Å². The fourth-order valence-electron chi connectivity index (χ4n) is 2.77. The molecule has 0 saturated carbocycles. The Labute approximate surface area is 149 Å². The molecule has 0 bridgehead atoms. The minimum Gasteiger partial charge on any atom is -0.493 e. The lowest BCUT2D eigenvalue weighted by molar-refractivity contribution is -0.120. The Balaban J connectivity index is 1.81. The van der Waals surface area contributed by atoms with Crippen LogP contribution in [0.5, 0.6) is 11.5 Å². The first kappa shape index (κ1) is 18.7. The van der Waals surface area contributed by atoms with Gasteiger partial charge in [-0.2, -0.15) is 0 Å². The predicted molar refractivity (Wildman–Crippen MR) is 99.0 cm³/mol. The highest BCUT2D eigenvalue weighted by Gasteiger charge is 2.15. The minimum absolute atomic E-state index is 0.0752. The second kappa shape index (κ2) is 9.62. The number of ether oxygens (including phenoxy) is 2. The van der Waals surface area contributed by atoms with Crippen molar-refractivity contribution in [2.45, 2.75) is 49.2 Å².